The predicted molar refractivity (Wildman–Crippen MR) is 77.9 cm³/mol. The van der Waals surface area contributed by atoms with Crippen LogP contribution in [0.4, 0.5) is 10.1 Å². The lowest BCUT2D eigenvalue weighted by molar-refractivity contribution is 0.0988. The summed E-state index contributed by atoms with van der Waals surface area (Å²) in [5.41, 5.74) is 1.29. The van der Waals surface area contributed by atoms with Crippen molar-refractivity contribution in [2.75, 3.05) is 11.4 Å². The lowest BCUT2D eigenvalue weighted by Crippen LogP contribution is -2.30. The minimum Gasteiger partial charge on any atom is -0.309 e. The average Bonchev–Trinajstić information content (AvgIpc) is 2.41. The first-order valence-electron chi connectivity index (χ1n) is 5.95. The van der Waals surface area contributed by atoms with Gasteiger partial charge in [0.05, 0.1) is 0 Å². The fraction of sp³-hybridized carbons (Fsp3) is 0.133. The Labute approximate surface area is 120 Å². The van der Waals surface area contributed by atoms with Crippen molar-refractivity contribution in [1.82, 2.24) is 0 Å². The maximum absolute atomic E-state index is 12.9. The van der Waals surface area contributed by atoms with Gasteiger partial charge in [-0.25, -0.2) is 4.39 Å². The molecule has 2 nitrogen and oxygen atoms in total. The van der Waals surface area contributed by atoms with Crippen LogP contribution in [-0.4, -0.2) is 12.5 Å². The summed E-state index contributed by atoms with van der Waals surface area (Å²) in [6.07, 6.45) is 0. The molecule has 0 aromatic heterocycles. The van der Waals surface area contributed by atoms with Crippen LogP contribution in [-0.2, 0) is 0 Å². The standard InChI is InChI=1S/C15H13BrFNO/c1-2-18(14-8-6-13(17)7-9-14)15(19)11-4-3-5-12(16)10-11/h3-10H,2H2,1H3. The molecular weight excluding hydrogens is 309 g/mol. The largest absolute Gasteiger partial charge is 0.309 e. The Morgan fingerprint density at radius 1 is 1.21 bits per heavy atom. The van der Waals surface area contributed by atoms with Gasteiger partial charge >= 0.3 is 0 Å². The second-order valence-electron chi connectivity index (χ2n) is 4.04. The van der Waals surface area contributed by atoms with Crippen LogP contribution in [0.5, 0.6) is 0 Å². The number of rotatable bonds is 3. The zero-order valence-corrected chi connectivity index (χ0v) is 12.0. The number of hydrogen-bond acceptors (Lipinski definition) is 1. The van der Waals surface area contributed by atoms with Crippen LogP contribution in [0.1, 0.15) is 17.3 Å². The van der Waals surface area contributed by atoms with E-state index in [0.29, 0.717) is 17.8 Å². The van der Waals surface area contributed by atoms with Gasteiger partial charge in [0.15, 0.2) is 0 Å². The van der Waals surface area contributed by atoms with Crippen LogP contribution in [0, 0.1) is 5.82 Å². The summed E-state index contributed by atoms with van der Waals surface area (Å²) in [6, 6.07) is 13.1. The summed E-state index contributed by atoms with van der Waals surface area (Å²) in [7, 11) is 0. The Morgan fingerprint density at radius 2 is 1.89 bits per heavy atom. The molecule has 0 aliphatic rings. The Kier molecular flexibility index (Phi) is 4.32. The van der Waals surface area contributed by atoms with E-state index >= 15 is 0 Å². The number of amides is 1. The number of carbonyl (C=O) groups is 1. The van der Waals surface area contributed by atoms with Gasteiger partial charge in [0, 0.05) is 22.3 Å². The van der Waals surface area contributed by atoms with Crippen LogP contribution >= 0.6 is 15.9 Å². The topological polar surface area (TPSA) is 20.3 Å². The van der Waals surface area contributed by atoms with Crippen molar-refractivity contribution in [2.24, 2.45) is 0 Å². The lowest BCUT2D eigenvalue weighted by Gasteiger charge is -2.21. The van der Waals surface area contributed by atoms with E-state index in [4.69, 9.17) is 0 Å². The predicted octanol–water partition coefficient (Wildman–Crippen LogP) is 4.25. The molecule has 2 aromatic rings. The van der Waals surface area contributed by atoms with E-state index in [1.54, 1.807) is 29.2 Å². The van der Waals surface area contributed by atoms with Gasteiger partial charge in [-0.1, -0.05) is 22.0 Å². The Balaban J connectivity index is 2.31. The molecule has 0 radical (unpaired) electrons. The van der Waals surface area contributed by atoms with Crippen LogP contribution in [0.25, 0.3) is 0 Å². The second kappa shape index (κ2) is 5.97. The van der Waals surface area contributed by atoms with E-state index < -0.39 is 0 Å². The SMILES string of the molecule is CCN(C(=O)c1cccc(Br)c1)c1ccc(F)cc1. The van der Waals surface area contributed by atoms with Gasteiger partial charge in [0.25, 0.3) is 5.91 Å². The van der Waals surface area contributed by atoms with Crippen LogP contribution in [0.3, 0.4) is 0 Å². The number of carbonyl (C=O) groups excluding carboxylic acids is 1. The summed E-state index contributed by atoms with van der Waals surface area (Å²) < 4.78 is 13.8. The molecule has 98 valence electrons. The van der Waals surface area contributed by atoms with Crippen molar-refractivity contribution in [3.05, 3.63) is 64.4 Å². The Hall–Kier alpha value is -1.68. The third-order valence-electron chi connectivity index (χ3n) is 2.77. The Bertz CT molecular complexity index is 583. The molecule has 0 aliphatic heterocycles. The highest BCUT2D eigenvalue weighted by Crippen LogP contribution is 2.19. The molecule has 0 bridgehead atoms. The van der Waals surface area contributed by atoms with Gasteiger partial charge in [-0.05, 0) is 49.4 Å². The fourth-order valence-corrected chi connectivity index (χ4v) is 2.24. The van der Waals surface area contributed by atoms with Gasteiger partial charge in [-0.15, -0.1) is 0 Å². The van der Waals surface area contributed by atoms with Crippen molar-refractivity contribution in [3.63, 3.8) is 0 Å². The zero-order valence-electron chi connectivity index (χ0n) is 10.4. The number of hydrogen-bond donors (Lipinski definition) is 0. The highest BCUT2D eigenvalue weighted by Gasteiger charge is 2.16. The molecule has 0 aliphatic carbocycles. The van der Waals surface area contributed by atoms with Gasteiger partial charge in [0.1, 0.15) is 5.82 Å². The summed E-state index contributed by atoms with van der Waals surface area (Å²) in [5.74, 6) is -0.412. The normalized spacial score (nSPS) is 10.3. The van der Waals surface area contributed by atoms with Crippen molar-refractivity contribution in [2.45, 2.75) is 6.92 Å². The fourth-order valence-electron chi connectivity index (χ4n) is 1.84. The van der Waals surface area contributed by atoms with E-state index in [0.717, 1.165) is 4.47 Å². The van der Waals surface area contributed by atoms with E-state index in [9.17, 15) is 9.18 Å². The molecule has 0 saturated carbocycles. The molecule has 0 unspecified atom stereocenters. The number of halogens is 2. The summed E-state index contributed by atoms with van der Waals surface area (Å²) >= 11 is 3.35. The second-order valence-corrected chi connectivity index (χ2v) is 4.95. The average molecular weight is 322 g/mol. The third-order valence-corrected chi connectivity index (χ3v) is 3.26. The Morgan fingerprint density at radius 3 is 2.47 bits per heavy atom. The van der Waals surface area contributed by atoms with Crippen molar-refractivity contribution in [1.29, 1.82) is 0 Å². The number of benzene rings is 2. The van der Waals surface area contributed by atoms with E-state index in [1.807, 2.05) is 19.1 Å². The van der Waals surface area contributed by atoms with Gasteiger partial charge in [-0.2, -0.15) is 0 Å². The maximum atomic E-state index is 12.9. The van der Waals surface area contributed by atoms with Crippen molar-refractivity contribution >= 4 is 27.5 Å². The molecule has 4 heteroatoms. The minimum atomic E-state index is -0.310. The molecule has 1 amide bonds. The van der Waals surface area contributed by atoms with E-state index in [1.165, 1.54) is 12.1 Å². The van der Waals surface area contributed by atoms with Gasteiger partial charge < -0.3 is 4.90 Å². The van der Waals surface area contributed by atoms with Crippen molar-refractivity contribution < 1.29 is 9.18 Å². The molecule has 0 atom stereocenters. The third kappa shape index (κ3) is 3.20. The minimum absolute atomic E-state index is 0.101. The monoisotopic (exact) mass is 321 g/mol. The molecular formula is C15H13BrFNO. The summed E-state index contributed by atoms with van der Waals surface area (Å²) in [4.78, 5) is 14.0. The molecule has 19 heavy (non-hydrogen) atoms. The van der Waals surface area contributed by atoms with Gasteiger partial charge in [-0.3, -0.25) is 4.79 Å². The first kappa shape index (κ1) is 13.7. The molecule has 0 spiro atoms. The molecule has 0 N–H and O–H groups in total. The summed E-state index contributed by atoms with van der Waals surface area (Å²) in [5, 5.41) is 0. The molecule has 0 saturated heterocycles. The van der Waals surface area contributed by atoms with Crippen molar-refractivity contribution in [3.8, 4) is 0 Å². The molecule has 0 heterocycles. The zero-order chi connectivity index (χ0) is 13.8. The molecule has 2 aromatic carbocycles. The first-order chi connectivity index (χ1) is 9.11. The quantitative estimate of drug-likeness (QED) is 0.827. The lowest BCUT2D eigenvalue weighted by atomic mass is 10.2. The van der Waals surface area contributed by atoms with Crippen LogP contribution < -0.4 is 4.90 Å². The van der Waals surface area contributed by atoms with Crippen LogP contribution in [0.2, 0.25) is 0 Å². The number of anilines is 1. The number of nitrogens with zero attached hydrogens (tertiary/aromatic N) is 1. The smallest absolute Gasteiger partial charge is 0.258 e. The highest BCUT2D eigenvalue weighted by atomic mass is 79.9. The summed E-state index contributed by atoms with van der Waals surface area (Å²) in [6.45, 7) is 2.41. The highest BCUT2D eigenvalue weighted by molar-refractivity contribution is 9.10. The maximum Gasteiger partial charge on any atom is 0.258 e. The van der Waals surface area contributed by atoms with E-state index in [2.05, 4.69) is 15.9 Å². The first-order valence-corrected chi connectivity index (χ1v) is 6.74. The van der Waals surface area contributed by atoms with Gasteiger partial charge in [0.2, 0.25) is 0 Å². The van der Waals surface area contributed by atoms with E-state index in [-0.39, 0.29) is 11.7 Å². The van der Waals surface area contributed by atoms with Crippen LogP contribution in [0.15, 0.2) is 53.0 Å². The molecule has 0 fully saturated rings. The molecule has 2 rings (SSSR count).